The molecule has 4 rings (SSSR count). The maximum Gasteiger partial charge on any atom is 0.225 e. The lowest BCUT2D eigenvalue weighted by Crippen LogP contribution is -2.48. The molecule has 0 spiro atoms. The Morgan fingerprint density at radius 1 is 0.895 bits per heavy atom. The number of hydrogen-bond donors (Lipinski definition) is 3. The molecule has 0 atom stereocenters. The van der Waals surface area contributed by atoms with Crippen LogP contribution in [0.3, 0.4) is 0 Å². The maximum absolute atomic E-state index is 4.85. The SMILES string of the molecule is Cc1cc(N2CCN(CCN(C)C)CC2)nc(NCc2ccc(CNCCCNC3CCCCC3)cc2)n1. The van der Waals surface area contributed by atoms with Crippen LogP contribution in [0.5, 0.6) is 0 Å². The topological polar surface area (TPSA) is 71.6 Å². The fourth-order valence-corrected chi connectivity index (χ4v) is 5.35. The molecule has 1 aliphatic heterocycles. The molecule has 210 valence electrons. The summed E-state index contributed by atoms with van der Waals surface area (Å²) in [6.07, 6.45) is 8.13. The standard InChI is InChI=1S/C30H50N8/c1-25-22-29(38-20-18-37(19-21-38)17-16-36(2)3)35-30(34-25)33-24-27-12-10-26(11-13-27)23-31-14-7-15-32-28-8-5-4-6-9-28/h10-13,22,28,31-32H,4-9,14-21,23-24H2,1-3H3,(H,33,34,35). The largest absolute Gasteiger partial charge is 0.354 e. The molecule has 0 bridgehead atoms. The molecule has 3 N–H and O–H groups in total. The number of aryl methyl sites for hydroxylation is 1. The lowest BCUT2D eigenvalue weighted by atomic mass is 9.95. The molecule has 2 fully saturated rings. The van der Waals surface area contributed by atoms with Gasteiger partial charge < -0.3 is 25.8 Å². The van der Waals surface area contributed by atoms with Crippen molar-refractivity contribution < 1.29 is 0 Å². The van der Waals surface area contributed by atoms with E-state index in [1.54, 1.807) is 0 Å². The van der Waals surface area contributed by atoms with Crippen LogP contribution in [-0.2, 0) is 13.1 Å². The van der Waals surface area contributed by atoms with Crippen molar-refractivity contribution in [3.8, 4) is 0 Å². The number of piperazine rings is 1. The van der Waals surface area contributed by atoms with Crippen LogP contribution < -0.4 is 20.9 Å². The number of aromatic nitrogens is 2. The van der Waals surface area contributed by atoms with Gasteiger partial charge in [-0.25, -0.2) is 4.98 Å². The molecule has 2 aliphatic rings. The van der Waals surface area contributed by atoms with Gasteiger partial charge in [0.15, 0.2) is 0 Å². The predicted octanol–water partition coefficient (Wildman–Crippen LogP) is 3.48. The van der Waals surface area contributed by atoms with E-state index in [-0.39, 0.29) is 0 Å². The van der Waals surface area contributed by atoms with Gasteiger partial charge in [-0.3, -0.25) is 4.90 Å². The van der Waals surface area contributed by atoms with Crippen molar-refractivity contribution in [1.29, 1.82) is 0 Å². The molecule has 1 aliphatic carbocycles. The molecule has 1 aromatic carbocycles. The molecular formula is C30H50N8. The monoisotopic (exact) mass is 522 g/mol. The van der Waals surface area contributed by atoms with Gasteiger partial charge in [0, 0.05) is 70.2 Å². The molecule has 2 aromatic rings. The molecule has 0 unspecified atom stereocenters. The average Bonchev–Trinajstić information content (AvgIpc) is 2.94. The highest BCUT2D eigenvalue weighted by atomic mass is 15.3. The Bertz CT molecular complexity index is 934. The number of anilines is 2. The Hall–Kier alpha value is -2.26. The van der Waals surface area contributed by atoms with Crippen LogP contribution in [0.15, 0.2) is 30.3 Å². The normalized spacial score (nSPS) is 17.3. The Labute approximate surface area is 230 Å². The van der Waals surface area contributed by atoms with Gasteiger partial charge in [-0.05, 0) is 64.5 Å². The maximum atomic E-state index is 4.85. The molecule has 8 heteroatoms. The zero-order valence-corrected chi connectivity index (χ0v) is 24.0. The fraction of sp³-hybridized carbons (Fsp3) is 0.667. The predicted molar refractivity (Wildman–Crippen MR) is 159 cm³/mol. The summed E-state index contributed by atoms with van der Waals surface area (Å²) in [6.45, 7) is 12.3. The van der Waals surface area contributed by atoms with E-state index < -0.39 is 0 Å². The van der Waals surface area contributed by atoms with Crippen LogP contribution in [-0.4, -0.2) is 92.3 Å². The molecule has 1 aromatic heterocycles. The van der Waals surface area contributed by atoms with Crippen molar-refractivity contribution in [2.75, 3.05) is 76.7 Å². The third-order valence-electron chi connectivity index (χ3n) is 7.77. The quantitative estimate of drug-likeness (QED) is 0.326. The summed E-state index contributed by atoms with van der Waals surface area (Å²) in [5, 5.41) is 10.8. The first-order valence-electron chi connectivity index (χ1n) is 14.8. The molecular weight excluding hydrogens is 472 g/mol. The Morgan fingerprint density at radius 3 is 2.32 bits per heavy atom. The number of hydrogen-bond acceptors (Lipinski definition) is 8. The van der Waals surface area contributed by atoms with Crippen molar-refractivity contribution >= 4 is 11.8 Å². The first-order valence-corrected chi connectivity index (χ1v) is 14.8. The Morgan fingerprint density at radius 2 is 1.61 bits per heavy atom. The van der Waals surface area contributed by atoms with Crippen LogP contribution in [0, 0.1) is 6.92 Å². The summed E-state index contributed by atoms with van der Waals surface area (Å²) in [5.74, 6) is 1.74. The van der Waals surface area contributed by atoms with Crippen LogP contribution in [0.25, 0.3) is 0 Å². The zero-order valence-electron chi connectivity index (χ0n) is 24.0. The second-order valence-corrected chi connectivity index (χ2v) is 11.3. The number of likely N-dealkylation sites (N-methyl/N-ethyl adjacent to an activating group) is 1. The second kappa shape index (κ2) is 15.4. The molecule has 38 heavy (non-hydrogen) atoms. The lowest BCUT2D eigenvalue weighted by molar-refractivity contribution is 0.229. The molecule has 8 nitrogen and oxygen atoms in total. The number of nitrogens with zero attached hydrogens (tertiary/aromatic N) is 5. The van der Waals surface area contributed by atoms with Gasteiger partial charge in [0.25, 0.3) is 0 Å². The van der Waals surface area contributed by atoms with Crippen LogP contribution in [0.2, 0.25) is 0 Å². The number of nitrogens with one attached hydrogen (secondary N) is 3. The first kappa shape index (κ1) is 28.7. The summed E-state index contributed by atoms with van der Waals surface area (Å²) in [4.78, 5) is 16.7. The highest BCUT2D eigenvalue weighted by molar-refractivity contribution is 5.45. The van der Waals surface area contributed by atoms with Crippen molar-refractivity contribution in [2.24, 2.45) is 0 Å². The van der Waals surface area contributed by atoms with Gasteiger partial charge >= 0.3 is 0 Å². The fourth-order valence-electron chi connectivity index (χ4n) is 5.35. The molecule has 1 saturated carbocycles. The first-order chi connectivity index (χ1) is 18.5. The lowest BCUT2D eigenvalue weighted by Gasteiger charge is -2.36. The molecule has 2 heterocycles. The number of rotatable bonds is 14. The highest BCUT2D eigenvalue weighted by Crippen LogP contribution is 2.18. The minimum Gasteiger partial charge on any atom is -0.354 e. The van der Waals surface area contributed by atoms with Crippen LogP contribution in [0.4, 0.5) is 11.8 Å². The van der Waals surface area contributed by atoms with E-state index in [9.17, 15) is 0 Å². The van der Waals surface area contributed by atoms with Crippen molar-refractivity contribution in [3.05, 3.63) is 47.2 Å². The van der Waals surface area contributed by atoms with E-state index in [0.29, 0.717) is 5.95 Å². The summed E-state index contributed by atoms with van der Waals surface area (Å²) in [5.41, 5.74) is 3.57. The third kappa shape index (κ3) is 9.80. The van der Waals surface area contributed by atoms with Gasteiger partial charge in [-0.2, -0.15) is 4.98 Å². The molecule has 0 radical (unpaired) electrons. The van der Waals surface area contributed by atoms with Crippen molar-refractivity contribution in [3.63, 3.8) is 0 Å². The van der Waals surface area contributed by atoms with Gasteiger partial charge in [0.2, 0.25) is 5.95 Å². The Balaban J connectivity index is 1.15. The summed E-state index contributed by atoms with van der Waals surface area (Å²) in [6, 6.07) is 11.7. The summed E-state index contributed by atoms with van der Waals surface area (Å²) < 4.78 is 0. The van der Waals surface area contributed by atoms with Crippen molar-refractivity contribution in [2.45, 2.75) is 64.6 Å². The Kier molecular flexibility index (Phi) is 11.6. The zero-order chi connectivity index (χ0) is 26.6. The van der Waals surface area contributed by atoms with Crippen LogP contribution in [0.1, 0.15) is 55.3 Å². The van der Waals surface area contributed by atoms with Crippen LogP contribution >= 0.6 is 0 Å². The van der Waals surface area contributed by atoms with E-state index >= 15 is 0 Å². The van der Waals surface area contributed by atoms with E-state index in [0.717, 1.165) is 83.0 Å². The van der Waals surface area contributed by atoms with Gasteiger partial charge in [-0.1, -0.05) is 43.5 Å². The minimum absolute atomic E-state index is 0.711. The highest BCUT2D eigenvalue weighted by Gasteiger charge is 2.19. The van der Waals surface area contributed by atoms with E-state index in [1.165, 1.54) is 49.7 Å². The third-order valence-corrected chi connectivity index (χ3v) is 7.77. The van der Waals surface area contributed by atoms with Gasteiger partial charge in [-0.15, -0.1) is 0 Å². The second-order valence-electron chi connectivity index (χ2n) is 11.3. The average molecular weight is 523 g/mol. The van der Waals surface area contributed by atoms with E-state index in [2.05, 4.69) is 87.0 Å². The summed E-state index contributed by atoms with van der Waals surface area (Å²) >= 11 is 0. The summed E-state index contributed by atoms with van der Waals surface area (Å²) in [7, 11) is 4.28. The van der Waals surface area contributed by atoms with Gasteiger partial charge in [0.05, 0.1) is 0 Å². The van der Waals surface area contributed by atoms with Crippen molar-refractivity contribution in [1.82, 2.24) is 30.4 Å². The number of benzene rings is 1. The molecule has 1 saturated heterocycles. The molecule has 0 amide bonds. The van der Waals surface area contributed by atoms with E-state index in [1.807, 2.05) is 0 Å². The van der Waals surface area contributed by atoms with E-state index in [4.69, 9.17) is 4.98 Å². The minimum atomic E-state index is 0.711. The van der Waals surface area contributed by atoms with Gasteiger partial charge in [0.1, 0.15) is 5.82 Å². The smallest absolute Gasteiger partial charge is 0.225 e.